The van der Waals surface area contributed by atoms with Gasteiger partial charge in [0.05, 0.1) is 6.26 Å². The number of hydrogen-bond acceptors (Lipinski definition) is 3. The first-order valence-electron chi connectivity index (χ1n) is 6.66. The van der Waals surface area contributed by atoms with Gasteiger partial charge in [0.25, 0.3) is 0 Å². The minimum Gasteiger partial charge on any atom is -0.464 e. The molecule has 2 aromatic heterocycles. The maximum Gasteiger partial charge on any atom is 0.134 e. The smallest absolute Gasteiger partial charge is 0.134 e. The fraction of sp³-hybridized carbons (Fsp3) is 0.176. The molecule has 1 aromatic carbocycles. The molecule has 0 N–H and O–H groups in total. The van der Waals surface area contributed by atoms with Gasteiger partial charge in [-0.1, -0.05) is 30.3 Å². The quantitative estimate of drug-likeness (QED) is 0.653. The average molecular weight is 320 g/mol. The van der Waals surface area contributed by atoms with E-state index in [1.54, 1.807) is 11.3 Å². The maximum atomic E-state index is 5.57. The predicted octanol–water partition coefficient (Wildman–Crippen LogP) is 5.06. The summed E-state index contributed by atoms with van der Waals surface area (Å²) in [5.74, 6) is 0. The first-order valence-corrected chi connectivity index (χ1v) is 7.54. The van der Waals surface area contributed by atoms with Crippen LogP contribution in [0.3, 0.4) is 0 Å². The second-order valence-electron chi connectivity index (χ2n) is 4.87. The highest BCUT2D eigenvalue weighted by Crippen LogP contribution is 2.21. The molecule has 0 fully saturated rings. The molecular weight excluding hydrogens is 302 g/mol. The zero-order chi connectivity index (χ0) is 13.8. The highest BCUT2D eigenvalue weighted by molar-refractivity contribution is 7.10. The van der Waals surface area contributed by atoms with Crippen LogP contribution in [0.15, 0.2) is 58.5 Å². The molecule has 0 aliphatic rings. The molecule has 4 heteroatoms. The molecule has 2 heterocycles. The third-order valence-corrected chi connectivity index (χ3v) is 4.08. The highest BCUT2D eigenvalue weighted by Gasteiger charge is 2.06. The second kappa shape index (κ2) is 7.46. The Kier molecular flexibility index (Phi) is 5.62. The number of furan rings is 1. The van der Waals surface area contributed by atoms with Crippen molar-refractivity contribution >= 4 is 40.8 Å². The van der Waals surface area contributed by atoms with Crippen molar-refractivity contribution in [1.29, 1.82) is 0 Å². The van der Waals surface area contributed by atoms with Crippen LogP contribution >= 0.6 is 23.7 Å². The van der Waals surface area contributed by atoms with Crippen molar-refractivity contribution < 1.29 is 4.42 Å². The lowest BCUT2D eigenvalue weighted by molar-refractivity contribution is 0.363. The molecule has 2 nitrogen and oxygen atoms in total. The van der Waals surface area contributed by atoms with Crippen LogP contribution in [0.25, 0.3) is 17.0 Å². The van der Waals surface area contributed by atoms with Gasteiger partial charge in [-0.3, -0.25) is 4.90 Å². The fourth-order valence-corrected chi connectivity index (χ4v) is 2.89. The van der Waals surface area contributed by atoms with Crippen molar-refractivity contribution in [3.05, 3.63) is 64.6 Å². The number of thiophene rings is 1. The van der Waals surface area contributed by atoms with E-state index in [-0.39, 0.29) is 12.4 Å². The van der Waals surface area contributed by atoms with Crippen molar-refractivity contribution in [1.82, 2.24) is 4.90 Å². The second-order valence-corrected chi connectivity index (χ2v) is 5.85. The molecule has 0 unspecified atom stereocenters. The summed E-state index contributed by atoms with van der Waals surface area (Å²) in [6, 6.07) is 12.4. The Labute approximate surface area is 135 Å². The van der Waals surface area contributed by atoms with Gasteiger partial charge in [0.15, 0.2) is 0 Å². The van der Waals surface area contributed by atoms with E-state index >= 15 is 0 Å². The van der Waals surface area contributed by atoms with Gasteiger partial charge < -0.3 is 4.42 Å². The summed E-state index contributed by atoms with van der Waals surface area (Å²) < 4.78 is 5.57. The molecule has 3 aromatic rings. The van der Waals surface area contributed by atoms with Gasteiger partial charge in [0.1, 0.15) is 5.58 Å². The molecule has 0 amide bonds. The molecule has 0 saturated carbocycles. The van der Waals surface area contributed by atoms with Gasteiger partial charge in [-0.15, -0.1) is 23.7 Å². The van der Waals surface area contributed by atoms with Crippen molar-refractivity contribution in [2.24, 2.45) is 0 Å². The molecule has 0 saturated heterocycles. The zero-order valence-corrected chi connectivity index (χ0v) is 13.5. The molecule has 21 heavy (non-hydrogen) atoms. The topological polar surface area (TPSA) is 16.4 Å². The third kappa shape index (κ3) is 3.97. The number of rotatable bonds is 5. The SMILES string of the molecule is CN(C/C=C/c1cccs1)Cc1coc2ccccc12.Cl. The minimum absolute atomic E-state index is 0. The third-order valence-electron chi connectivity index (χ3n) is 3.24. The molecule has 0 bridgehead atoms. The van der Waals surface area contributed by atoms with Crippen LogP contribution in [0.5, 0.6) is 0 Å². The van der Waals surface area contributed by atoms with E-state index in [1.807, 2.05) is 18.4 Å². The van der Waals surface area contributed by atoms with Gasteiger partial charge in [0.2, 0.25) is 0 Å². The van der Waals surface area contributed by atoms with Crippen LogP contribution in [-0.2, 0) is 6.54 Å². The van der Waals surface area contributed by atoms with Gasteiger partial charge in [-0.2, -0.15) is 0 Å². The Bertz CT molecular complexity index is 702. The Morgan fingerprint density at radius 2 is 2.05 bits per heavy atom. The lowest BCUT2D eigenvalue weighted by Crippen LogP contribution is -2.17. The molecule has 0 atom stereocenters. The maximum absolute atomic E-state index is 5.57. The summed E-state index contributed by atoms with van der Waals surface area (Å²) in [6.07, 6.45) is 6.24. The molecule has 0 aliphatic heterocycles. The van der Waals surface area contributed by atoms with E-state index in [2.05, 4.69) is 53.7 Å². The molecule has 0 radical (unpaired) electrons. The van der Waals surface area contributed by atoms with Gasteiger partial charge in [0, 0.05) is 28.9 Å². The fourth-order valence-electron chi connectivity index (χ4n) is 2.25. The van der Waals surface area contributed by atoms with E-state index in [0.29, 0.717) is 0 Å². The predicted molar refractivity (Wildman–Crippen MR) is 93.1 cm³/mol. The van der Waals surface area contributed by atoms with Crippen molar-refractivity contribution in [2.75, 3.05) is 13.6 Å². The number of para-hydroxylation sites is 1. The summed E-state index contributed by atoms with van der Waals surface area (Å²) in [5, 5.41) is 3.31. The van der Waals surface area contributed by atoms with Crippen LogP contribution in [0.4, 0.5) is 0 Å². The van der Waals surface area contributed by atoms with Crippen LogP contribution < -0.4 is 0 Å². The van der Waals surface area contributed by atoms with Crippen molar-refractivity contribution in [3.8, 4) is 0 Å². The summed E-state index contributed by atoms with van der Waals surface area (Å²) in [4.78, 5) is 3.58. The highest BCUT2D eigenvalue weighted by atomic mass is 35.5. The first kappa shape index (κ1) is 15.8. The normalized spacial score (nSPS) is 11.3. The number of hydrogen-bond donors (Lipinski definition) is 0. The molecular formula is C17H18ClNOS. The summed E-state index contributed by atoms with van der Waals surface area (Å²) in [5.41, 5.74) is 2.21. The summed E-state index contributed by atoms with van der Waals surface area (Å²) in [7, 11) is 2.13. The monoisotopic (exact) mass is 319 g/mol. The first-order chi connectivity index (χ1) is 9.83. The Morgan fingerprint density at radius 3 is 2.86 bits per heavy atom. The van der Waals surface area contributed by atoms with Gasteiger partial charge >= 0.3 is 0 Å². The van der Waals surface area contributed by atoms with Gasteiger partial charge in [-0.05, 0) is 30.6 Å². The lowest BCUT2D eigenvalue weighted by Gasteiger charge is -2.12. The van der Waals surface area contributed by atoms with E-state index in [1.165, 1.54) is 15.8 Å². The standard InChI is InChI=1S/C17H17NOS.ClH/c1-18(10-4-6-15-7-5-11-20-15)12-14-13-19-17-9-3-2-8-16(14)17;/h2-9,11,13H,10,12H2,1H3;1H/b6-4+;. The Balaban J connectivity index is 0.00000161. The van der Waals surface area contributed by atoms with E-state index in [0.717, 1.165) is 18.7 Å². The number of nitrogens with zero attached hydrogens (tertiary/aromatic N) is 1. The van der Waals surface area contributed by atoms with Gasteiger partial charge in [-0.25, -0.2) is 0 Å². The van der Waals surface area contributed by atoms with E-state index in [9.17, 15) is 0 Å². The number of halogens is 1. The van der Waals surface area contributed by atoms with Crippen LogP contribution in [0.1, 0.15) is 10.4 Å². The van der Waals surface area contributed by atoms with E-state index in [4.69, 9.17) is 4.42 Å². The van der Waals surface area contributed by atoms with Crippen LogP contribution in [0, 0.1) is 0 Å². The number of likely N-dealkylation sites (N-methyl/N-ethyl adjacent to an activating group) is 1. The van der Waals surface area contributed by atoms with Crippen LogP contribution in [0.2, 0.25) is 0 Å². The Hall–Kier alpha value is -1.55. The average Bonchev–Trinajstić information content (AvgIpc) is 3.09. The van der Waals surface area contributed by atoms with Crippen molar-refractivity contribution in [3.63, 3.8) is 0 Å². The van der Waals surface area contributed by atoms with Crippen LogP contribution in [-0.4, -0.2) is 18.5 Å². The largest absolute Gasteiger partial charge is 0.464 e. The molecule has 3 rings (SSSR count). The lowest BCUT2D eigenvalue weighted by atomic mass is 10.1. The minimum atomic E-state index is 0. The molecule has 110 valence electrons. The number of fused-ring (bicyclic) bond motifs is 1. The van der Waals surface area contributed by atoms with Crippen molar-refractivity contribution in [2.45, 2.75) is 6.54 Å². The number of benzene rings is 1. The summed E-state index contributed by atoms with van der Waals surface area (Å²) >= 11 is 1.76. The Morgan fingerprint density at radius 1 is 1.19 bits per heavy atom. The summed E-state index contributed by atoms with van der Waals surface area (Å²) in [6.45, 7) is 1.82. The van der Waals surface area contributed by atoms with E-state index < -0.39 is 0 Å². The zero-order valence-electron chi connectivity index (χ0n) is 11.9. The molecule has 0 aliphatic carbocycles. The molecule has 0 spiro atoms.